The molecule has 0 aliphatic heterocycles. The predicted octanol–water partition coefficient (Wildman–Crippen LogP) is 2.30. The standard InChI is InChI=1S/C12H12O3/c1-9-5-6-10(4-2-3-7-13)11(8-9)12(14)15/h2,4-8H,3H2,1H3,(H,14,15). The van der Waals surface area contributed by atoms with Gasteiger partial charge in [0.25, 0.3) is 0 Å². The lowest BCUT2D eigenvalue weighted by Crippen LogP contribution is -1.99. The third-order valence-electron chi connectivity index (χ3n) is 1.97. The normalized spacial score (nSPS) is 10.5. The number of aryl methyl sites for hydroxylation is 1. The highest BCUT2D eigenvalue weighted by Gasteiger charge is 2.07. The van der Waals surface area contributed by atoms with Crippen LogP contribution in [0, 0.1) is 6.92 Å². The van der Waals surface area contributed by atoms with Crippen molar-refractivity contribution >= 4 is 18.3 Å². The van der Waals surface area contributed by atoms with Gasteiger partial charge in [0.15, 0.2) is 0 Å². The summed E-state index contributed by atoms with van der Waals surface area (Å²) < 4.78 is 0. The molecule has 0 spiro atoms. The van der Waals surface area contributed by atoms with Crippen LogP contribution >= 0.6 is 0 Å². The molecule has 0 saturated heterocycles. The van der Waals surface area contributed by atoms with Crippen molar-refractivity contribution in [3.8, 4) is 0 Å². The molecular formula is C12H12O3. The Hall–Kier alpha value is -1.90. The van der Waals surface area contributed by atoms with E-state index in [1.165, 1.54) is 0 Å². The molecule has 1 aromatic rings. The number of allylic oxidation sites excluding steroid dienone is 1. The van der Waals surface area contributed by atoms with Crippen LogP contribution in [0.2, 0.25) is 0 Å². The van der Waals surface area contributed by atoms with Gasteiger partial charge < -0.3 is 9.90 Å². The van der Waals surface area contributed by atoms with Gasteiger partial charge in [-0.05, 0) is 18.6 Å². The average Bonchev–Trinajstić information content (AvgIpc) is 2.20. The summed E-state index contributed by atoms with van der Waals surface area (Å²) in [4.78, 5) is 21.0. The molecular weight excluding hydrogens is 192 g/mol. The minimum atomic E-state index is -0.954. The van der Waals surface area contributed by atoms with Crippen LogP contribution in [0.25, 0.3) is 6.08 Å². The maximum Gasteiger partial charge on any atom is 0.336 e. The molecule has 0 fully saturated rings. The van der Waals surface area contributed by atoms with Gasteiger partial charge in [-0.3, -0.25) is 0 Å². The van der Waals surface area contributed by atoms with Crippen LogP contribution in [0.15, 0.2) is 24.3 Å². The number of carbonyl (C=O) groups is 2. The molecule has 15 heavy (non-hydrogen) atoms. The lowest BCUT2D eigenvalue weighted by molar-refractivity contribution is -0.107. The first-order valence-corrected chi connectivity index (χ1v) is 4.59. The van der Waals surface area contributed by atoms with Gasteiger partial charge in [-0.25, -0.2) is 4.79 Å². The largest absolute Gasteiger partial charge is 0.478 e. The fraction of sp³-hybridized carbons (Fsp3) is 0.167. The van der Waals surface area contributed by atoms with Crippen LogP contribution in [0.3, 0.4) is 0 Å². The van der Waals surface area contributed by atoms with Crippen molar-refractivity contribution in [1.82, 2.24) is 0 Å². The van der Waals surface area contributed by atoms with Crippen LogP contribution in [0.1, 0.15) is 27.9 Å². The van der Waals surface area contributed by atoms with E-state index in [0.717, 1.165) is 11.8 Å². The maximum atomic E-state index is 10.9. The molecule has 0 aromatic heterocycles. The van der Waals surface area contributed by atoms with Crippen molar-refractivity contribution in [1.29, 1.82) is 0 Å². The molecule has 3 heteroatoms. The lowest BCUT2D eigenvalue weighted by atomic mass is 10.0. The lowest BCUT2D eigenvalue weighted by Gasteiger charge is -2.02. The first-order chi connectivity index (χ1) is 7.15. The second-order valence-electron chi connectivity index (χ2n) is 3.20. The van der Waals surface area contributed by atoms with E-state index >= 15 is 0 Å². The number of hydrogen-bond donors (Lipinski definition) is 1. The highest BCUT2D eigenvalue weighted by molar-refractivity contribution is 5.92. The minimum Gasteiger partial charge on any atom is -0.478 e. The summed E-state index contributed by atoms with van der Waals surface area (Å²) in [5.41, 5.74) is 1.78. The van der Waals surface area contributed by atoms with E-state index in [0.29, 0.717) is 12.0 Å². The molecule has 0 bridgehead atoms. The molecule has 3 nitrogen and oxygen atoms in total. The number of carboxylic acid groups (broad SMARTS) is 1. The summed E-state index contributed by atoms with van der Waals surface area (Å²) in [5.74, 6) is -0.954. The number of hydrogen-bond acceptors (Lipinski definition) is 2. The van der Waals surface area contributed by atoms with Gasteiger partial charge in [-0.15, -0.1) is 0 Å². The maximum absolute atomic E-state index is 10.9. The predicted molar refractivity (Wildman–Crippen MR) is 57.9 cm³/mol. The first-order valence-electron chi connectivity index (χ1n) is 4.59. The Labute approximate surface area is 88.0 Å². The van der Waals surface area contributed by atoms with E-state index in [2.05, 4.69) is 0 Å². The number of carboxylic acids is 1. The Morgan fingerprint density at radius 1 is 1.47 bits per heavy atom. The van der Waals surface area contributed by atoms with E-state index < -0.39 is 5.97 Å². The first kappa shape index (κ1) is 11.2. The molecule has 1 N–H and O–H groups in total. The van der Waals surface area contributed by atoms with Crippen molar-refractivity contribution in [2.75, 3.05) is 0 Å². The zero-order valence-electron chi connectivity index (χ0n) is 8.43. The summed E-state index contributed by atoms with van der Waals surface area (Å²) in [5, 5.41) is 8.94. The van der Waals surface area contributed by atoms with Crippen molar-refractivity contribution < 1.29 is 14.7 Å². The van der Waals surface area contributed by atoms with Gasteiger partial charge in [0.05, 0.1) is 5.56 Å². The van der Waals surface area contributed by atoms with Crippen molar-refractivity contribution in [2.45, 2.75) is 13.3 Å². The SMILES string of the molecule is Cc1ccc(C=CCC=O)c(C(=O)O)c1. The Morgan fingerprint density at radius 2 is 2.20 bits per heavy atom. The van der Waals surface area contributed by atoms with Crippen molar-refractivity contribution in [3.05, 3.63) is 41.0 Å². The zero-order valence-corrected chi connectivity index (χ0v) is 8.43. The minimum absolute atomic E-state index is 0.261. The van der Waals surface area contributed by atoms with Gasteiger partial charge >= 0.3 is 5.97 Å². The number of carbonyl (C=O) groups excluding carboxylic acids is 1. The van der Waals surface area contributed by atoms with E-state index in [1.807, 2.05) is 13.0 Å². The summed E-state index contributed by atoms with van der Waals surface area (Å²) in [6.07, 6.45) is 4.36. The van der Waals surface area contributed by atoms with Crippen LogP contribution in [-0.2, 0) is 4.79 Å². The van der Waals surface area contributed by atoms with E-state index in [1.54, 1.807) is 24.3 Å². The van der Waals surface area contributed by atoms with Gasteiger partial charge in [0.2, 0.25) is 0 Å². The van der Waals surface area contributed by atoms with Gasteiger partial charge in [0, 0.05) is 6.42 Å². The molecule has 0 aliphatic carbocycles. The quantitative estimate of drug-likeness (QED) is 0.765. The second kappa shape index (κ2) is 5.10. The molecule has 0 atom stereocenters. The van der Waals surface area contributed by atoms with E-state index in [4.69, 9.17) is 5.11 Å². The van der Waals surface area contributed by atoms with E-state index in [9.17, 15) is 9.59 Å². The molecule has 0 unspecified atom stereocenters. The highest BCUT2D eigenvalue weighted by Crippen LogP contribution is 2.13. The molecule has 0 heterocycles. The Kier molecular flexibility index (Phi) is 3.80. The summed E-state index contributed by atoms with van der Waals surface area (Å²) in [6, 6.07) is 5.19. The summed E-state index contributed by atoms with van der Waals surface area (Å²) in [7, 11) is 0. The smallest absolute Gasteiger partial charge is 0.336 e. The summed E-state index contributed by atoms with van der Waals surface area (Å²) >= 11 is 0. The number of aldehydes is 1. The number of rotatable bonds is 4. The number of aromatic carboxylic acids is 1. The average molecular weight is 204 g/mol. The topological polar surface area (TPSA) is 54.4 Å². The summed E-state index contributed by atoms with van der Waals surface area (Å²) in [6.45, 7) is 1.84. The van der Waals surface area contributed by atoms with Crippen LogP contribution in [0.4, 0.5) is 0 Å². The van der Waals surface area contributed by atoms with Crippen LogP contribution < -0.4 is 0 Å². The fourth-order valence-corrected chi connectivity index (χ4v) is 1.25. The molecule has 0 aliphatic rings. The third-order valence-corrected chi connectivity index (χ3v) is 1.97. The monoisotopic (exact) mass is 204 g/mol. The molecule has 78 valence electrons. The van der Waals surface area contributed by atoms with Gasteiger partial charge in [-0.2, -0.15) is 0 Å². The molecule has 1 rings (SSSR count). The third kappa shape index (κ3) is 3.06. The second-order valence-corrected chi connectivity index (χ2v) is 3.20. The Balaban J connectivity index is 3.05. The van der Waals surface area contributed by atoms with Gasteiger partial charge in [0.1, 0.15) is 6.29 Å². The molecule has 0 radical (unpaired) electrons. The number of benzene rings is 1. The van der Waals surface area contributed by atoms with Gasteiger partial charge in [-0.1, -0.05) is 29.8 Å². The molecule has 0 amide bonds. The van der Waals surface area contributed by atoms with Crippen LogP contribution in [-0.4, -0.2) is 17.4 Å². The fourth-order valence-electron chi connectivity index (χ4n) is 1.25. The Morgan fingerprint density at radius 3 is 2.80 bits per heavy atom. The Bertz CT molecular complexity index is 405. The van der Waals surface area contributed by atoms with E-state index in [-0.39, 0.29) is 5.56 Å². The highest BCUT2D eigenvalue weighted by atomic mass is 16.4. The zero-order chi connectivity index (χ0) is 11.3. The van der Waals surface area contributed by atoms with Crippen molar-refractivity contribution in [2.24, 2.45) is 0 Å². The molecule has 0 saturated carbocycles. The van der Waals surface area contributed by atoms with Crippen LogP contribution in [0.5, 0.6) is 0 Å². The van der Waals surface area contributed by atoms with Crippen molar-refractivity contribution in [3.63, 3.8) is 0 Å². The molecule has 1 aromatic carbocycles.